The van der Waals surface area contributed by atoms with Gasteiger partial charge in [-0.1, -0.05) is 47.7 Å². The Morgan fingerprint density at radius 2 is 2.04 bits per heavy atom. The van der Waals surface area contributed by atoms with Crippen LogP contribution in [0.4, 0.5) is 5.13 Å². The van der Waals surface area contributed by atoms with Crippen LogP contribution in [0, 0.1) is 0 Å². The molecule has 0 saturated heterocycles. The van der Waals surface area contributed by atoms with Gasteiger partial charge in [-0.3, -0.25) is 9.69 Å². The fraction of sp³-hybridized carbons (Fsp3) is 0.238. The summed E-state index contributed by atoms with van der Waals surface area (Å²) in [6.45, 7) is 3.66. The molecule has 144 valence electrons. The zero-order chi connectivity index (χ0) is 19.3. The van der Waals surface area contributed by atoms with Gasteiger partial charge in [0.1, 0.15) is 30.7 Å². The molecule has 0 spiro atoms. The zero-order valence-electron chi connectivity index (χ0n) is 15.5. The van der Waals surface area contributed by atoms with Gasteiger partial charge in [0.15, 0.2) is 5.13 Å². The van der Waals surface area contributed by atoms with E-state index in [1.807, 2.05) is 55.5 Å². The van der Waals surface area contributed by atoms with E-state index in [4.69, 9.17) is 19.2 Å². The van der Waals surface area contributed by atoms with Gasteiger partial charge < -0.3 is 14.2 Å². The fourth-order valence-electron chi connectivity index (χ4n) is 2.90. The lowest BCUT2D eigenvalue weighted by Crippen LogP contribution is -2.33. The fourth-order valence-corrected chi connectivity index (χ4v) is 3.89. The van der Waals surface area contributed by atoms with Gasteiger partial charge in [0.25, 0.3) is 5.91 Å². The summed E-state index contributed by atoms with van der Waals surface area (Å²) in [7, 11) is 0. The molecule has 7 heteroatoms. The molecule has 6 nitrogen and oxygen atoms in total. The second-order valence-corrected chi connectivity index (χ2v) is 7.12. The first-order chi connectivity index (χ1) is 13.8. The molecule has 3 aromatic rings. The molecular weight excluding hydrogens is 376 g/mol. The first kappa shape index (κ1) is 18.3. The maximum absolute atomic E-state index is 13.2. The van der Waals surface area contributed by atoms with Crippen LogP contribution >= 0.6 is 11.3 Å². The molecule has 0 saturated carbocycles. The molecule has 2 heterocycles. The Bertz CT molecular complexity index is 1000. The maximum Gasteiger partial charge on any atom is 0.298 e. The van der Waals surface area contributed by atoms with Gasteiger partial charge in [-0.25, -0.2) is 4.98 Å². The van der Waals surface area contributed by atoms with Crippen molar-refractivity contribution >= 4 is 32.6 Å². The Morgan fingerprint density at radius 3 is 2.79 bits per heavy atom. The SMILES string of the molecule is CCOc1cccc2sc(N(Cc3ccccc3)C(=O)C3=COCCO3)nc12. The summed E-state index contributed by atoms with van der Waals surface area (Å²) >= 11 is 1.45. The molecule has 1 aliphatic rings. The molecule has 0 atom stereocenters. The van der Waals surface area contributed by atoms with Gasteiger partial charge in [0, 0.05) is 0 Å². The molecular formula is C21H20N2O4S. The van der Waals surface area contributed by atoms with Crippen molar-refractivity contribution in [1.29, 1.82) is 0 Å². The predicted molar refractivity (Wildman–Crippen MR) is 108 cm³/mol. The van der Waals surface area contributed by atoms with Crippen LogP contribution in [-0.4, -0.2) is 30.7 Å². The number of anilines is 1. The lowest BCUT2D eigenvalue weighted by atomic mass is 10.2. The molecule has 1 aliphatic heterocycles. The topological polar surface area (TPSA) is 60.9 Å². The smallest absolute Gasteiger partial charge is 0.298 e. The van der Waals surface area contributed by atoms with Crippen LogP contribution in [0.1, 0.15) is 12.5 Å². The van der Waals surface area contributed by atoms with E-state index >= 15 is 0 Å². The van der Waals surface area contributed by atoms with E-state index in [1.54, 1.807) is 4.90 Å². The first-order valence-corrected chi connectivity index (χ1v) is 9.90. The third-order valence-corrected chi connectivity index (χ3v) is 5.23. The number of thiazole rings is 1. The van der Waals surface area contributed by atoms with Crippen LogP contribution in [0.5, 0.6) is 5.75 Å². The summed E-state index contributed by atoms with van der Waals surface area (Å²) in [5.41, 5.74) is 1.75. The lowest BCUT2D eigenvalue weighted by Gasteiger charge is -2.23. The molecule has 0 fully saturated rings. The van der Waals surface area contributed by atoms with Crippen LogP contribution in [-0.2, 0) is 20.8 Å². The number of rotatable bonds is 6. The number of aromatic nitrogens is 1. The number of hydrogen-bond donors (Lipinski definition) is 0. The number of hydrogen-bond acceptors (Lipinski definition) is 6. The predicted octanol–water partition coefficient (Wildman–Crippen LogP) is 4.12. The lowest BCUT2D eigenvalue weighted by molar-refractivity contribution is -0.119. The molecule has 0 N–H and O–H groups in total. The summed E-state index contributed by atoms with van der Waals surface area (Å²) in [6, 6.07) is 15.6. The monoisotopic (exact) mass is 396 g/mol. The van der Waals surface area contributed by atoms with Crippen LogP contribution in [0.15, 0.2) is 60.6 Å². The molecule has 1 aromatic heterocycles. The highest BCUT2D eigenvalue weighted by atomic mass is 32.1. The Hall–Kier alpha value is -3.06. The normalized spacial score (nSPS) is 13.4. The summed E-state index contributed by atoms with van der Waals surface area (Å²) in [5, 5.41) is 0.589. The first-order valence-electron chi connectivity index (χ1n) is 9.09. The van der Waals surface area contributed by atoms with E-state index in [0.29, 0.717) is 37.2 Å². The molecule has 2 aromatic carbocycles. The van der Waals surface area contributed by atoms with Crippen molar-refractivity contribution in [3.8, 4) is 5.75 Å². The number of carbonyl (C=O) groups is 1. The van der Waals surface area contributed by atoms with Crippen LogP contribution in [0.25, 0.3) is 10.2 Å². The molecule has 1 amide bonds. The van der Waals surface area contributed by atoms with Gasteiger partial charge in [-0.05, 0) is 24.6 Å². The number of fused-ring (bicyclic) bond motifs is 1. The summed E-state index contributed by atoms with van der Waals surface area (Å²) in [5.74, 6) is 0.623. The third kappa shape index (κ3) is 3.80. The van der Waals surface area contributed by atoms with Crippen LogP contribution < -0.4 is 9.64 Å². The molecule has 0 bridgehead atoms. The Labute approximate surface area is 167 Å². The van der Waals surface area contributed by atoms with Crippen molar-refractivity contribution in [3.05, 3.63) is 66.1 Å². The van der Waals surface area contributed by atoms with E-state index in [-0.39, 0.29) is 11.7 Å². The second-order valence-electron chi connectivity index (χ2n) is 6.11. The summed E-state index contributed by atoms with van der Waals surface area (Å²) in [4.78, 5) is 19.5. The standard InChI is InChI=1S/C21H20N2O4S/c1-2-26-16-9-6-10-18-19(16)22-21(28-18)23(13-15-7-4-3-5-8-15)20(24)17-14-25-11-12-27-17/h3-10,14H,2,11-13H2,1H3. The van der Waals surface area contributed by atoms with Crippen molar-refractivity contribution in [3.63, 3.8) is 0 Å². The van der Waals surface area contributed by atoms with Gasteiger partial charge in [0.2, 0.25) is 5.76 Å². The highest BCUT2D eigenvalue weighted by molar-refractivity contribution is 7.22. The molecule has 4 rings (SSSR count). The van der Waals surface area contributed by atoms with Crippen molar-refractivity contribution < 1.29 is 19.0 Å². The number of benzene rings is 2. The summed E-state index contributed by atoms with van der Waals surface area (Å²) in [6.07, 6.45) is 1.38. The number of para-hydroxylation sites is 1. The van der Waals surface area contributed by atoms with Crippen molar-refractivity contribution in [2.45, 2.75) is 13.5 Å². The van der Waals surface area contributed by atoms with Crippen molar-refractivity contribution in [1.82, 2.24) is 4.98 Å². The molecule has 0 aliphatic carbocycles. The van der Waals surface area contributed by atoms with Gasteiger partial charge >= 0.3 is 0 Å². The quantitative estimate of drug-likeness (QED) is 0.627. The largest absolute Gasteiger partial charge is 0.494 e. The highest BCUT2D eigenvalue weighted by Crippen LogP contribution is 2.35. The van der Waals surface area contributed by atoms with E-state index in [2.05, 4.69) is 0 Å². The van der Waals surface area contributed by atoms with E-state index in [9.17, 15) is 4.79 Å². The van der Waals surface area contributed by atoms with Gasteiger partial charge in [-0.15, -0.1) is 0 Å². The number of amides is 1. The van der Waals surface area contributed by atoms with Gasteiger partial charge in [-0.2, -0.15) is 0 Å². The van der Waals surface area contributed by atoms with Crippen LogP contribution in [0.2, 0.25) is 0 Å². The Morgan fingerprint density at radius 1 is 1.18 bits per heavy atom. The van der Waals surface area contributed by atoms with Gasteiger partial charge in [0.05, 0.1) is 17.9 Å². The summed E-state index contributed by atoms with van der Waals surface area (Å²) < 4.78 is 17.4. The zero-order valence-corrected chi connectivity index (χ0v) is 16.3. The minimum Gasteiger partial charge on any atom is -0.494 e. The Balaban J connectivity index is 1.74. The molecule has 28 heavy (non-hydrogen) atoms. The number of carbonyl (C=O) groups excluding carboxylic acids is 1. The second kappa shape index (κ2) is 8.31. The average Bonchev–Trinajstić information content (AvgIpc) is 3.18. The minimum absolute atomic E-state index is 0.187. The number of ether oxygens (including phenoxy) is 3. The van der Waals surface area contributed by atoms with Crippen molar-refractivity contribution in [2.24, 2.45) is 0 Å². The van der Waals surface area contributed by atoms with Crippen molar-refractivity contribution in [2.75, 3.05) is 24.7 Å². The number of nitrogens with zero attached hydrogens (tertiary/aromatic N) is 2. The maximum atomic E-state index is 13.2. The Kier molecular flexibility index (Phi) is 5.43. The van der Waals surface area contributed by atoms with Crippen LogP contribution in [0.3, 0.4) is 0 Å². The average molecular weight is 396 g/mol. The highest BCUT2D eigenvalue weighted by Gasteiger charge is 2.27. The minimum atomic E-state index is -0.277. The molecule has 0 radical (unpaired) electrons. The van der Waals surface area contributed by atoms with E-state index in [0.717, 1.165) is 15.8 Å². The molecule has 0 unspecified atom stereocenters. The van der Waals surface area contributed by atoms with E-state index in [1.165, 1.54) is 17.6 Å². The third-order valence-electron chi connectivity index (χ3n) is 4.19. The van der Waals surface area contributed by atoms with E-state index < -0.39 is 0 Å².